The molecule has 0 aliphatic rings. The third-order valence-electron chi connectivity index (χ3n) is 3.51. The van der Waals surface area contributed by atoms with E-state index in [1.165, 1.54) is 4.68 Å². The second kappa shape index (κ2) is 6.34. The number of H-pyrrole nitrogens is 1. The van der Waals surface area contributed by atoms with Crippen molar-refractivity contribution in [1.29, 1.82) is 0 Å². The molecule has 2 aromatic heterocycles. The van der Waals surface area contributed by atoms with Crippen LogP contribution in [0.1, 0.15) is 45.3 Å². The molecule has 1 unspecified atom stereocenters. The monoisotopic (exact) mass is 307 g/mol. The van der Waals surface area contributed by atoms with E-state index in [9.17, 15) is 4.79 Å². The second-order valence-corrected chi connectivity index (χ2v) is 5.59. The lowest BCUT2D eigenvalue weighted by atomic mass is 10.2. The fourth-order valence-electron chi connectivity index (χ4n) is 2.28. The number of aromatic nitrogens is 5. The van der Waals surface area contributed by atoms with E-state index in [2.05, 4.69) is 29.1 Å². The van der Waals surface area contributed by atoms with Crippen LogP contribution in [0.5, 0.6) is 0 Å². The maximum absolute atomic E-state index is 12.6. The molecule has 114 valence electrons. The first kappa shape index (κ1) is 15.6. The molecule has 1 atom stereocenters. The zero-order chi connectivity index (χ0) is 15.6. The molecule has 0 aromatic carbocycles. The van der Waals surface area contributed by atoms with Gasteiger partial charge in [-0.2, -0.15) is 10.2 Å². The van der Waals surface area contributed by atoms with Crippen LogP contribution in [0.15, 0.2) is 10.9 Å². The first-order chi connectivity index (χ1) is 9.99. The molecule has 2 rings (SSSR count). The van der Waals surface area contributed by atoms with Gasteiger partial charge in [-0.3, -0.25) is 14.5 Å². The molecule has 0 aliphatic heterocycles. The van der Waals surface area contributed by atoms with E-state index < -0.39 is 0 Å². The molecule has 0 fully saturated rings. The van der Waals surface area contributed by atoms with Crippen molar-refractivity contribution < 1.29 is 0 Å². The van der Waals surface area contributed by atoms with Crippen molar-refractivity contribution in [2.75, 3.05) is 0 Å². The Labute approximate surface area is 128 Å². The number of aryl methyl sites for hydroxylation is 2. The summed E-state index contributed by atoms with van der Waals surface area (Å²) in [6.45, 7) is 8.64. The summed E-state index contributed by atoms with van der Waals surface area (Å²) < 4.78 is 3.95. The van der Waals surface area contributed by atoms with Crippen LogP contribution >= 0.6 is 12.2 Å². The first-order valence-corrected chi connectivity index (χ1v) is 7.66. The highest BCUT2D eigenvalue weighted by molar-refractivity contribution is 7.71. The highest BCUT2D eigenvalue weighted by Crippen LogP contribution is 2.20. The van der Waals surface area contributed by atoms with Crippen LogP contribution in [0, 0.1) is 11.7 Å². The van der Waals surface area contributed by atoms with Gasteiger partial charge in [-0.25, -0.2) is 4.68 Å². The van der Waals surface area contributed by atoms with Gasteiger partial charge < -0.3 is 0 Å². The van der Waals surface area contributed by atoms with Crippen molar-refractivity contribution in [3.63, 3.8) is 0 Å². The summed E-state index contributed by atoms with van der Waals surface area (Å²) in [5.41, 5.74) is 1.22. The van der Waals surface area contributed by atoms with E-state index in [1.54, 1.807) is 6.07 Å². The van der Waals surface area contributed by atoms with E-state index in [0.29, 0.717) is 22.7 Å². The molecule has 2 aromatic rings. The molecule has 0 amide bonds. The molecule has 0 spiro atoms. The van der Waals surface area contributed by atoms with Crippen molar-refractivity contribution in [2.24, 2.45) is 0 Å². The normalized spacial score (nSPS) is 12.6. The van der Waals surface area contributed by atoms with Crippen LogP contribution in [0.3, 0.4) is 0 Å². The predicted molar refractivity (Wildman–Crippen MR) is 84.9 cm³/mol. The van der Waals surface area contributed by atoms with Gasteiger partial charge in [-0.1, -0.05) is 13.8 Å². The summed E-state index contributed by atoms with van der Waals surface area (Å²) in [5.74, 6) is 0.592. The number of hydrogen-bond donors (Lipinski definition) is 1. The van der Waals surface area contributed by atoms with Gasteiger partial charge in [0, 0.05) is 12.6 Å². The third kappa shape index (κ3) is 2.97. The van der Waals surface area contributed by atoms with E-state index in [-0.39, 0.29) is 11.6 Å². The number of rotatable bonds is 5. The van der Waals surface area contributed by atoms with Gasteiger partial charge in [0.25, 0.3) is 5.56 Å². The Morgan fingerprint density at radius 1 is 1.43 bits per heavy atom. The number of aromatic amines is 1. The van der Waals surface area contributed by atoms with Crippen LogP contribution in [-0.2, 0) is 6.54 Å². The molecular weight excluding hydrogens is 286 g/mol. The molecule has 0 bridgehead atoms. The molecule has 2 heterocycles. The van der Waals surface area contributed by atoms with E-state index >= 15 is 0 Å². The summed E-state index contributed by atoms with van der Waals surface area (Å²) in [6, 6.07) is 1.96. The van der Waals surface area contributed by atoms with Crippen molar-refractivity contribution in [2.45, 2.75) is 53.1 Å². The van der Waals surface area contributed by atoms with Crippen LogP contribution in [0.2, 0.25) is 0 Å². The summed E-state index contributed by atoms with van der Waals surface area (Å²) in [6.07, 6.45) is 1.77. The molecule has 0 radical (unpaired) electrons. The molecule has 6 nitrogen and oxygen atoms in total. The minimum Gasteiger partial charge on any atom is -0.297 e. The minimum atomic E-state index is -0.124. The molecule has 1 N–H and O–H groups in total. The average Bonchev–Trinajstić information content (AvgIpc) is 2.83. The van der Waals surface area contributed by atoms with Gasteiger partial charge in [0.05, 0.1) is 11.3 Å². The molecule has 0 saturated carbocycles. The van der Waals surface area contributed by atoms with Crippen LogP contribution < -0.4 is 5.56 Å². The van der Waals surface area contributed by atoms with Gasteiger partial charge in [0.1, 0.15) is 0 Å². The maximum Gasteiger partial charge on any atom is 0.277 e. The lowest BCUT2D eigenvalue weighted by Gasteiger charge is -2.14. The molecule has 7 heteroatoms. The maximum atomic E-state index is 12.6. The summed E-state index contributed by atoms with van der Waals surface area (Å²) in [5, 5.41) is 11.3. The standard InChI is InChI=1S/C14H21N5OS/c1-5-7-18-13(20)11(8-9(3)17-18)12-15-16-14(21)19(12)10(4)6-2/h8,10H,5-7H2,1-4H3,(H,16,21). The zero-order valence-electron chi connectivity index (χ0n) is 12.9. The van der Waals surface area contributed by atoms with Gasteiger partial charge in [0.2, 0.25) is 0 Å². The Balaban J connectivity index is 2.68. The van der Waals surface area contributed by atoms with Crippen molar-refractivity contribution in [1.82, 2.24) is 24.5 Å². The Morgan fingerprint density at radius 2 is 2.14 bits per heavy atom. The SMILES string of the molecule is CCCn1nc(C)cc(-c2n[nH]c(=S)n2C(C)CC)c1=O. The zero-order valence-corrected chi connectivity index (χ0v) is 13.7. The molecule has 0 aliphatic carbocycles. The number of hydrogen-bond acceptors (Lipinski definition) is 4. The Hall–Kier alpha value is -1.76. The Kier molecular flexibility index (Phi) is 4.72. The third-order valence-corrected chi connectivity index (χ3v) is 3.80. The van der Waals surface area contributed by atoms with E-state index in [1.807, 2.05) is 18.4 Å². The largest absolute Gasteiger partial charge is 0.297 e. The number of nitrogens with zero attached hydrogens (tertiary/aromatic N) is 4. The second-order valence-electron chi connectivity index (χ2n) is 5.21. The predicted octanol–water partition coefficient (Wildman–Crippen LogP) is 2.85. The van der Waals surface area contributed by atoms with Crippen LogP contribution in [0.4, 0.5) is 0 Å². The summed E-state index contributed by atoms with van der Waals surface area (Å²) in [4.78, 5) is 12.6. The van der Waals surface area contributed by atoms with Crippen LogP contribution in [-0.4, -0.2) is 24.5 Å². The highest BCUT2D eigenvalue weighted by atomic mass is 32.1. The van der Waals surface area contributed by atoms with Crippen LogP contribution in [0.25, 0.3) is 11.4 Å². The fourth-order valence-corrected chi connectivity index (χ4v) is 2.60. The quantitative estimate of drug-likeness (QED) is 0.862. The van der Waals surface area contributed by atoms with Gasteiger partial charge in [-0.15, -0.1) is 0 Å². The molecule has 21 heavy (non-hydrogen) atoms. The summed E-state index contributed by atoms with van der Waals surface area (Å²) >= 11 is 5.30. The van der Waals surface area contributed by atoms with E-state index in [0.717, 1.165) is 18.5 Å². The highest BCUT2D eigenvalue weighted by Gasteiger charge is 2.18. The van der Waals surface area contributed by atoms with Gasteiger partial charge in [0.15, 0.2) is 10.6 Å². The fraction of sp³-hybridized carbons (Fsp3) is 0.571. The smallest absolute Gasteiger partial charge is 0.277 e. The Morgan fingerprint density at radius 3 is 2.76 bits per heavy atom. The first-order valence-electron chi connectivity index (χ1n) is 7.25. The van der Waals surface area contributed by atoms with Gasteiger partial charge in [-0.05, 0) is 45.0 Å². The molecule has 0 saturated heterocycles. The molecular formula is C14H21N5OS. The van der Waals surface area contributed by atoms with Gasteiger partial charge >= 0.3 is 0 Å². The van der Waals surface area contributed by atoms with Crippen molar-refractivity contribution in [3.8, 4) is 11.4 Å². The van der Waals surface area contributed by atoms with Crippen molar-refractivity contribution in [3.05, 3.63) is 26.9 Å². The Bertz CT molecular complexity index is 743. The lowest BCUT2D eigenvalue weighted by molar-refractivity contribution is 0.525. The lowest BCUT2D eigenvalue weighted by Crippen LogP contribution is -2.26. The van der Waals surface area contributed by atoms with E-state index in [4.69, 9.17) is 12.2 Å². The average molecular weight is 307 g/mol. The summed E-state index contributed by atoms with van der Waals surface area (Å²) in [7, 11) is 0. The number of nitrogens with one attached hydrogen (secondary N) is 1. The topological polar surface area (TPSA) is 68.5 Å². The van der Waals surface area contributed by atoms with Crippen molar-refractivity contribution >= 4 is 12.2 Å². The minimum absolute atomic E-state index is 0.124.